The van der Waals surface area contributed by atoms with Gasteiger partial charge in [-0.3, -0.25) is 10.1 Å². The predicted molar refractivity (Wildman–Crippen MR) is 89.4 cm³/mol. The summed E-state index contributed by atoms with van der Waals surface area (Å²) in [5, 5.41) is 16.5. The van der Waals surface area contributed by atoms with Gasteiger partial charge in [0.25, 0.3) is 5.69 Å². The number of hydrogen-bond acceptors (Lipinski definition) is 8. The van der Waals surface area contributed by atoms with Crippen molar-refractivity contribution < 1.29 is 17.9 Å². The van der Waals surface area contributed by atoms with Gasteiger partial charge in [-0.05, 0) is 17.5 Å². The van der Waals surface area contributed by atoms with Gasteiger partial charge < -0.3 is 4.52 Å². The molecule has 3 aromatic rings. The van der Waals surface area contributed by atoms with Crippen molar-refractivity contribution in [3.8, 4) is 10.7 Å². The van der Waals surface area contributed by atoms with Gasteiger partial charge in [-0.1, -0.05) is 17.3 Å². The van der Waals surface area contributed by atoms with E-state index in [9.17, 15) is 18.5 Å². The molecule has 11 heteroatoms. The maximum absolute atomic E-state index is 12.6. The molecule has 0 aliphatic carbocycles. The van der Waals surface area contributed by atoms with E-state index in [4.69, 9.17) is 4.52 Å². The molecule has 0 atom stereocenters. The molecule has 2 aromatic heterocycles. The molecule has 1 aromatic carbocycles. The van der Waals surface area contributed by atoms with Crippen LogP contribution in [0.4, 0.5) is 5.69 Å². The average molecular weight is 380 g/mol. The Bertz CT molecular complexity index is 998. The highest BCUT2D eigenvalue weighted by molar-refractivity contribution is 7.89. The summed E-state index contributed by atoms with van der Waals surface area (Å²) in [7, 11) is -2.60. The zero-order valence-electron chi connectivity index (χ0n) is 12.9. The summed E-state index contributed by atoms with van der Waals surface area (Å²) in [6.07, 6.45) is 0. The molecule has 0 aliphatic rings. The first-order valence-corrected chi connectivity index (χ1v) is 9.27. The molecule has 0 saturated carbocycles. The molecule has 0 N–H and O–H groups in total. The fourth-order valence-corrected chi connectivity index (χ4v) is 3.85. The Kier molecular flexibility index (Phi) is 4.61. The monoisotopic (exact) mass is 380 g/mol. The van der Waals surface area contributed by atoms with Crippen molar-refractivity contribution in [2.75, 3.05) is 7.05 Å². The van der Waals surface area contributed by atoms with Crippen LogP contribution in [0.5, 0.6) is 0 Å². The Morgan fingerprint density at radius 2 is 2.12 bits per heavy atom. The zero-order valence-corrected chi connectivity index (χ0v) is 14.5. The Morgan fingerprint density at radius 1 is 1.32 bits per heavy atom. The van der Waals surface area contributed by atoms with E-state index in [2.05, 4.69) is 10.1 Å². The molecule has 25 heavy (non-hydrogen) atoms. The van der Waals surface area contributed by atoms with Gasteiger partial charge in [-0.25, -0.2) is 8.42 Å². The number of rotatable bonds is 6. The number of benzene rings is 1. The Hall–Kier alpha value is -2.63. The first-order chi connectivity index (χ1) is 11.9. The highest BCUT2D eigenvalue weighted by atomic mass is 32.2. The molecule has 130 valence electrons. The largest absolute Gasteiger partial charge is 0.337 e. The van der Waals surface area contributed by atoms with Crippen LogP contribution < -0.4 is 0 Å². The van der Waals surface area contributed by atoms with Crippen molar-refractivity contribution in [3.63, 3.8) is 0 Å². The molecule has 2 heterocycles. The predicted octanol–water partition coefficient (Wildman–Crippen LogP) is 2.53. The van der Waals surface area contributed by atoms with Crippen LogP contribution in [-0.2, 0) is 16.6 Å². The number of aromatic nitrogens is 2. The molecule has 0 amide bonds. The smallest absolute Gasteiger partial charge is 0.270 e. The number of sulfonamides is 1. The molecular formula is C14H12N4O5S2. The molecule has 0 spiro atoms. The van der Waals surface area contributed by atoms with Gasteiger partial charge >= 0.3 is 0 Å². The van der Waals surface area contributed by atoms with Crippen molar-refractivity contribution in [2.45, 2.75) is 11.4 Å². The standard InChI is InChI=1S/C14H12N4O5S2/c1-17(9-13-15-14(16-23-13)12-6-3-7-24-12)25(21,22)11-5-2-4-10(8-11)18(19)20/h2-8H,9H2,1H3. The quantitative estimate of drug-likeness (QED) is 0.476. The second-order valence-corrected chi connectivity index (χ2v) is 8.00. The second kappa shape index (κ2) is 6.70. The SMILES string of the molecule is CN(Cc1nc(-c2cccs2)no1)S(=O)(=O)c1cccc([N+](=O)[O-])c1. The van der Waals surface area contributed by atoms with Crippen LogP contribution in [0.25, 0.3) is 10.7 Å². The highest BCUT2D eigenvalue weighted by Gasteiger charge is 2.25. The van der Waals surface area contributed by atoms with Crippen LogP contribution in [0.2, 0.25) is 0 Å². The number of thiophene rings is 1. The number of nitro groups is 1. The normalized spacial score (nSPS) is 11.8. The molecular weight excluding hydrogens is 368 g/mol. The van der Waals surface area contributed by atoms with E-state index in [-0.39, 0.29) is 23.0 Å². The number of hydrogen-bond donors (Lipinski definition) is 0. The van der Waals surface area contributed by atoms with Gasteiger partial charge in [0, 0.05) is 19.2 Å². The first kappa shape index (κ1) is 17.2. The molecule has 0 aliphatic heterocycles. The third kappa shape index (κ3) is 3.57. The van der Waals surface area contributed by atoms with Gasteiger partial charge in [-0.15, -0.1) is 11.3 Å². The molecule has 0 fully saturated rings. The van der Waals surface area contributed by atoms with E-state index >= 15 is 0 Å². The van der Waals surface area contributed by atoms with Crippen LogP contribution in [-0.4, -0.2) is 34.8 Å². The van der Waals surface area contributed by atoms with E-state index in [1.807, 2.05) is 17.5 Å². The fraction of sp³-hybridized carbons (Fsp3) is 0.143. The summed E-state index contributed by atoms with van der Waals surface area (Å²) in [4.78, 5) is 15.0. The fourth-order valence-electron chi connectivity index (χ4n) is 2.04. The van der Waals surface area contributed by atoms with E-state index in [0.29, 0.717) is 5.82 Å². The minimum atomic E-state index is -3.93. The zero-order chi connectivity index (χ0) is 18.0. The lowest BCUT2D eigenvalue weighted by molar-refractivity contribution is -0.385. The minimum absolute atomic E-state index is 0.125. The first-order valence-electron chi connectivity index (χ1n) is 6.95. The van der Waals surface area contributed by atoms with Gasteiger partial charge in [0.15, 0.2) is 0 Å². The van der Waals surface area contributed by atoms with Crippen molar-refractivity contribution >= 4 is 27.0 Å². The number of non-ortho nitro benzene ring substituents is 1. The summed E-state index contributed by atoms with van der Waals surface area (Å²) in [6.45, 7) is -0.149. The molecule has 9 nitrogen and oxygen atoms in total. The lowest BCUT2D eigenvalue weighted by Gasteiger charge is -2.14. The van der Waals surface area contributed by atoms with Crippen LogP contribution in [0.15, 0.2) is 51.2 Å². The number of nitro benzene ring substituents is 1. The van der Waals surface area contributed by atoms with Crippen LogP contribution in [0, 0.1) is 10.1 Å². The van der Waals surface area contributed by atoms with Crippen LogP contribution in [0.1, 0.15) is 5.89 Å². The highest BCUT2D eigenvalue weighted by Crippen LogP contribution is 2.23. The van der Waals surface area contributed by atoms with Gasteiger partial charge in [0.1, 0.15) is 0 Å². The minimum Gasteiger partial charge on any atom is -0.337 e. The van der Waals surface area contributed by atoms with Crippen molar-refractivity contribution in [3.05, 3.63) is 57.8 Å². The lowest BCUT2D eigenvalue weighted by atomic mass is 10.3. The maximum Gasteiger partial charge on any atom is 0.270 e. The Morgan fingerprint density at radius 3 is 2.80 bits per heavy atom. The topological polar surface area (TPSA) is 119 Å². The van der Waals surface area contributed by atoms with Gasteiger partial charge in [0.2, 0.25) is 21.7 Å². The third-order valence-corrected chi connectivity index (χ3v) is 5.97. The second-order valence-electron chi connectivity index (χ2n) is 5.00. The summed E-state index contributed by atoms with van der Waals surface area (Å²) in [6, 6.07) is 8.52. The van der Waals surface area contributed by atoms with Gasteiger partial charge in [-0.2, -0.15) is 9.29 Å². The summed E-state index contributed by atoms with van der Waals surface area (Å²) in [5.41, 5.74) is -0.299. The molecule has 3 rings (SSSR count). The maximum atomic E-state index is 12.6. The molecule has 0 saturated heterocycles. The van der Waals surface area contributed by atoms with Crippen molar-refractivity contribution in [1.82, 2.24) is 14.4 Å². The summed E-state index contributed by atoms with van der Waals surface area (Å²) >= 11 is 1.43. The summed E-state index contributed by atoms with van der Waals surface area (Å²) in [5.74, 6) is 0.506. The molecule has 0 unspecified atom stereocenters. The number of nitrogens with zero attached hydrogens (tertiary/aromatic N) is 4. The van der Waals surface area contributed by atoms with Crippen LogP contribution in [0.3, 0.4) is 0 Å². The van der Waals surface area contributed by atoms with Crippen molar-refractivity contribution in [1.29, 1.82) is 0 Å². The summed E-state index contributed by atoms with van der Waals surface area (Å²) < 4.78 is 31.2. The van der Waals surface area contributed by atoms with Gasteiger partial charge in [0.05, 0.1) is 21.2 Å². The third-order valence-electron chi connectivity index (χ3n) is 3.30. The van der Waals surface area contributed by atoms with Crippen LogP contribution >= 0.6 is 11.3 Å². The van der Waals surface area contributed by atoms with E-state index in [1.54, 1.807) is 0 Å². The van der Waals surface area contributed by atoms with E-state index < -0.39 is 14.9 Å². The molecule has 0 radical (unpaired) electrons. The lowest BCUT2D eigenvalue weighted by Crippen LogP contribution is -2.26. The van der Waals surface area contributed by atoms with Crippen molar-refractivity contribution in [2.24, 2.45) is 0 Å². The van der Waals surface area contributed by atoms with E-state index in [0.717, 1.165) is 15.2 Å². The van der Waals surface area contributed by atoms with E-state index in [1.165, 1.54) is 36.6 Å². The Balaban J connectivity index is 1.81. The molecule has 0 bridgehead atoms. The average Bonchev–Trinajstić information content (AvgIpc) is 3.26. The Labute approximate surface area is 146 Å².